The minimum atomic E-state index is -0.310. The Morgan fingerprint density at radius 2 is 2.04 bits per heavy atom. The second-order valence-corrected chi connectivity index (χ2v) is 6.62. The molecular formula is C18H19N3O2S. The summed E-state index contributed by atoms with van der Waals surface area (Å²) < 4.78 is 5.13. The van der Waals surface area contributed by atoms with Gasteiger partial charge in [-0.15, -0.1) is 11.3 Å². The van der Waals surface area contributed by atoms with Gasteiger partial charge in [0.05, 0.1) is 12.0 Å². The molecule has 0 saturated carbocycles. The van der Waals surface area contributed by atoms with Gasteiger partial charge in [0.2, 0.25) is 0 Å². The van der Waals surface area contributed by atoms with E-state index in [-0.39, 0.29) is 5.97 Å². The average Bonchev–Trinajstić information content (AvgIpc) is 2.89. The van der Waals surface area contributed by atoms with Crippen molar-refractivity contribution >= 4 is 39.0 Å². The van der Waals surface area contributed by atoms with Crippen molar-refractivity contribution in [2.75, 3.05) is 11.9 Å². The lowest BCUT2D eigenvalue weighted by atomic mass is 10.1. The van der Waals surface area contributed by atoms with E-state index >= 15 is 0 Å². The predicted octanol–water partition coefficient (Wildman–Crippen LogP) is 4.54. The Bertz CT molecular complexity index is 918. The summed E-state index contributed by atoms with van der Waals surface area (Å²) in [6.07, 6.45) is 1.51. The smallest absolute Gasteiger partial charge is 0.348 e. The van der Waals surface area contributed by atoms with E-state index in [2.05, 4.69) is 40.4 Å². The molecule has 0 radical (unpaired) electrons. The number of benzene rings is 1. The molecule has 0 aliphatic carbocycles. The third-order valence-electron chi connectivity index (χ3n) is 3.83. The van der Waals surface area contributed by atoms with Gasteiger partial charge in [0, 0.05) is 5.69 Å². The van der Waals surface area contributed by atoms with Crippen LogP contribution in [-0.4, -0.2) is 22.5 Å². The molecule has 0 spiro atoms. The first-order chi connectivity index (χ1) is 11.5. The molecule has 0 amide bonds. The Hall–Kier alpha value is -2.47. The molecule has 5 nitrogen and oxygen atoms in total. The van der Waals surface area contributed by atoms with Gasteiger partial charge in [0.15, 0.2) is 0 Å². The van der Waals surface area contributed by atoms with Crippen LogP contribution in [0.2, 0.25) is 0 Å². The molecule has 0 unspecified atom stereocenters. The fourth-order valence-corrected chi connectivity index (χ4v) is 3.60. The molecule has 24 heavy (non-hydrogen) atoms. The maximum atomic E-state index is 12.1. The summed E-state index contributed by atoms with van der Waals surface area (Å²) in [6.45, 7) is 8.15. The zero-order chi connectivity index (χ0) is 17.3. The molecule has 3 rings (SSSR count). The maximum Gasteiger partial charge on any atom is 0.348 e. The topological polar surface area (TPSA) is 64.1 Å². The number of fused-ring (bicyclic) bond motifs is 1. The Morgan fingerprint density at radius 1 is 1.25 bits per heavy atom. The molecule has 0 aliphatic rings. The summed E-state index contributed by atoms with van der Waals surface area (Å²) in [6, 6.07) is 6.22. The van der Waals surface area contributed by atoms with Gasteiger partial charge >= 0.3 is 5.97 Å². The molecule has 2 aromatic heterocycles. The number of hydrogen-bond acceptors (Lipinski definition) is 6. The van der Waals surface area contributed by atoms with Crippen LogP contribution in [0, 0.1) is 20.8 Å². The number of carbonyl (C=O) groups is 1. The van der Waals surface area contributed by atoms with Gasteiger partial charge in [-0.05, 0) is 50.5 Å². The lowest BCUT2D eigenvalue weighted by Crippen LogP contribution is -2.03. The first kappa shape index (κ1) is 16.4. The van der Waals surface area contributed by atoms with E-state index < -0.39 is 0 Å². The monoisotopic (exact) mass is 341 g/mol. The highest BCUT2D eigenvalue weighted by Crippen LogP contribution is 2.35. The van der Waals surface area contributed by atoms with Crippen molar-refractivity contribution in [2.24, 2.45) is 0 Å². The number of ether oxygens (including phenoxy) is 1. The van der Waals surface area contributed by atoms with E-state index in [0.29, 0.717) is 17.3 Å². The Balaban J connectivity index is 2.09. The first-order valence-corrected chi connectivity index (χ1v) is 8.58. The van der Waals surface area contributed by atoms with Crippen LogP contribution in [0.3, 0.4) is 0 Å². The normalized spacial score (nSPS) is 10.8. The zero-order valence-electron chi connectivity index (χ0n) is 14.1. The van der Waals surface area contributed by atoms with Gasteiger partial charge < -0.3 is 10.1 Å². The van der Waals surface area contributed by atoms with Gasteiger partial charge in [-0.2, -0.15) is 0 Å². The number of nitrogens with zero attached hydrogens (tertiary/aromatic N) is 2. The first-order valence-electron chi connectivity index (χ1n) is 7.76. The Labute approximate surface area is 144 Å². The summed E-state index contributed by atoms with van der Waals surface area (Å²) >= 11 is 1.34. The number of rotatable bonds is 4. The zero-order valence-corrected chi connectivity index (χ0v) is 15.0. The second kappa shape index (κ2) is 6.57. The SMILES string of the molecule is CCOC(=O)c1sc2ncnc(Nc3cc(C)ccc3C)c2c1C. The van der Waals surface area contributed by atoms with E-state index in [9.17, 15) is 4.79 Å². The van der Waals surface area contributed by atoms with Crippen LogP contribution in [0.5, 0.6) is 0 Å². The quantitative estimate of drug-likeness (QED) is 0.706. The summed E-state index contributed by atoms with van der Waals surface area (Å²) in [5.74, 6) is 0.397. The molecule has 124 valence electrons. The molecule has 1 aromatic carbocycles. The number of hydrogen-bond donors (Lipinski definition) is 1. The Morgan fingerprint density at radius 3 is 2.79 bits per heavy atom. The lowest BCUT2D eigenvalue weighted by molar-refractivity contribution is 0.0531. The highest BCUT2D eigenvalue weighted by molar-refractivity contribution is 7.20. The van der Waals surface area contributed by atoms with Gasteiger partial charge in [0.25, 0.3) is 0 Å². The van der Waals surface area contributed by atoms with Crippen molar-refractivity contribution in [3.05, 3.63) is 46.1 Å². The number of anilines is 2. The number of carbonyl (C=O) groups excluding carboxylic acids is 1. The van der Waals surface area contributed by atoms with Gasteiger partial charge in [-0.1, -0.05) is 12.1 Å². The summed E-state index contributed by atoms with van der Waals surface area (Å²) in [7, 11) is 0. The van der Waals surface area contributed by atoms with Gasteiger partial charge in [-0.25, -0.2) is 14.8 Å². The van der Waals surface area contributed by atoms with Crippen LogP contribution in [0.15, 0.2) is 24.5 Å². The van der Waals surface area contributed by atoms with Crippen LogP contribution in [0.4, 0.5) is 11.5 Å². The number of aromatic nitrogens is 2. The van der Waals surface area contributed by atoms with Gasteiger partial charge in [0.1, 0.15) is 21.9 Å². The maximum absolute atomic E-state index is 12.1. The minimum absolute atomic E-state index is 0.310. The van der Waals surface area contributed by atoms with Gasteiger partial charge in [-0.3, -0.25) is 0 Å². The van der Waals surface area contributed by atoms with E-state index in [0.717, 1.165) is 27.0 Å². The molecule has 3 aromatic rings. The van der Waals surface area contributed by atoms with Crippen molar-refractivity contribution < 1.29 is 9.53 Å². The van der Waals surface area contributed by atoms with Crippen LogP contribution in [-0.2, 0) is 4.74 Å². The third-order valence-corrected chi connectivity index (χ3v) is 5.01. The number of thiophene rings is 1. The molecule has 6 heteroatoms. The van der Waals surface area contributed by atoms with Crippen LogP contribution in [0.25, 0.3) is 10.2 Å². The van der Waals surface area contributed by atoms with E-state index in [4.69, 9.17) is 4.74 Å². The number of aryl methyl sites for hydroxylation is 3. The summed E-state index contributed by atoms with van der Waals surface area (Å²) in [5, 5.41) is 4.25. The van der Waals surface area contributed by atoms with Crippen molar-refractivity contribution in [1.82, 2.24) is 9.97 Å². The van der Waals surface area contributed by atoms with Crippen molar-refractivity contribution in [2.45, 2.75) is 27.7 Å². The molecule has 0 bridgehead atoms. The van der Waals surface area contributed by atoms with Crippen LogP contribution >= 0.6 is 11.3 Å². The highest BCUT2D eigenvalue weighted by atomic mass is 32.1. The second-order valence-electron chi connectivity index (χ2n) is 5.62. The Kier molecular flexibility index (Phi) is 4.49. The van der Waals surface area contributed by atoms with E-state index in [1.165, 1.54) is 23.2 Å². The molecule has 0 fully saturated rings. The largest absolute Gasteiger partial charge is 0.462 e. The molecule has 1 N–H and O–H groups in total. The highest BCUT2D eigenvalue weighted by Gasteiger charge is 2.20. The fourth-order valence-electron chi connectivity index (χ4n) is 2.56. The van der Waals surface area contributed by atoms with E-state index in [1.54, 1.807) is 6.92 Å². The number of nitrogens with one attached hydrogen (secondary N) is 1. The number of esters is 1. The summed E-state index contributed by atoms with van der Waals surface area (Å²) in [4.78, 5) is 22.2. The lowest BCUT2D eigenvalue weighted by Gasteiger charge is -2.11. The van der Waals surface area contributed by atoms with Crippen molar-refractivity contribution in [1.29, 1.82) is 0 Å². The van der Waals surface area contributed by atoms with Crippen molar-refractivity contribution in [3.8, 4) is 0 Å². The molecule has 2 heterocycles. The molecular weight excluding hydrogens is 322 g/mol. The minimum Gasteiger partial charge on any atom is -0.462 e. The summed E-state index contributed by atoms with van der Waals surface area (Å²) in [5.41, 5.74) is 4.15. The third kappa shape index (κ3) is 2.97. The molecule has 0 aliphatic heterocycles. The van der Waals surface area contributed by atoms with Crippen LogP contribution < -0.4 is 5.32 Å². The molecule has 0 atom stereocenters. The predicted molar refractivity (Wildman–Crippen MR) is 97.3 cm³/mol. The fraction of sp³-hybridized carbons (Fsp3) is 0.278. The van der Waals surface area contributed by atoms with Crippen molar-refractivity contribution in [3.63, 3.8) is 0 Å². The van der Waals surface area contributed by atoms with Crippen LogP contribution in [0.1, 0.15) is 33.3 Å². The standard InChI is InChI=1S/C18H19N3O2S/c1-5-23-18(22)15-12(4)14-16(19-9-20-17(14)24-15)21-13-8-10(2)6-7-11(13)3/h6-9H,5H2,1-4H3,(H,19,20,21). The van der Waals surface area contributed by atoms with E-state index in [1.807, 2.05) is 13.8 Å². The average molecular weight is 341 g/mol. The molecule has 0 saturated heterocycles.